The Balaban J connectivity index is 1.99. The summed E-state index contributed by atoms with van der Waals surface area (Å²) in [5, 5.41) is 3.50. The first kappa shape index (κ1) is 16.5. The molecule has 0 radical (unpaired) electrons. The van der Waals surface area contributed by atoms with Crippen molar-refractivity contribution in [2.24, 2.45) is 11.8 Å². The Morgan fingerprint density at radius 1 is 1.10 bits per heavy atom. The molecule has 0 bridgehead atoms. The van der Waals surface area contributed by atoms with Gasteiger partial charge < -0.3 is 10.2 Å². The number of likely N-dealkylation sites (N-methyl/N-ethyl adjacent to an activating group) is 1. The van der Waals surface area contributed by atoms with E-state index in [-0.39, 0.29) is 0 Å². The predicted octanol–water partition coefficient (Wildman–Crippen LogP) is 4.05. The second-order valence-corrected chi connectivity index (χ2v) is 7.17. The van der Waals surface area contributed by atoms with Gasteiger partial charge in [-0.15, -0.1) is 0 Å². The molecule has 1 aromatic rings. The lowest BCUT2D eigenvalue weighted by Crippen LogP contribution is -2.42. The van der Waals surface area contributed by atoms with Crippen LogP contribution in [-0.4, -0.2) is 31.6 Å². The number of nitrogens with one attached hydrogen (secondary N) is 1. The fraction of sp³-hybridized carbons (Fsp3) is 0.684. The van der Waals surface area contributed by atoms with Crippen LogP contribution in [0.2, 0.25) is 0 Å². The zero-order valence-electron chi connectivity index (χ0n) is 14.4. The first-order chi connectivity index (χ1) is 10.0. The van der Waals surface area contributed by atoms with Crippen LogP contribution < -0.4 is 5.32 Å². The van der Waals surface area contributed by atoms with Crippen molar-refractivity contribution in [3.8, 4) is 0 Å². The minimum absolute atomic E-state index is 0.437. The topological polar surface area (TPSA) is 15.3 Å². The van der Waals surface area contributed by atoms with Gasteiger partial charge in [-0.2, -0.15) is 0 Å². The first-order valence-electron chi connectivity index (χ1n) is 8.50. The van der Waals surface area contributed by atoms with Crippen LogP contribution in [0.15, 0.2) is 24.3 Å². The van der Waals surface area contributed by atoms with E-state index < -0.39 is 0 Å². The van der Waals surface area contributed by atoms with E-state index in [1.54, 1.807) is 0 Å². The number of hydrogen-bond acceptors (Lipinski definition) is 2. The molecule has 0 spiro atoms. The summed E-state index contributed by atoms with van der Waals surface area (Å²) in [6, 6.07) is 9.60. The van der Waals surface area contributed by atoms with Gasteiger partial charge in [-0.05, 0) is 48.9 Å². The average Bonchev–Trinajstić information content (AvgIpc) is 2.48. The van der Waals surface area contributed by atoms with Crippen molar-refractivity contribution in [1.29, 1.82) is 0 Å². The van der Waals surface area contributed by atoms with Crippen LogP contribution in [0.3, 0.4) is 0 Å². The van der Waals surface area contributed by atoms with Gasteiger partial charge in [0.1, 0.15) is 0 Å². The zero-order chi connectivity index (χ0) is 15.4. The predicted molar refractivity (Wildman–Crippen MR) is 91.7 cm³/mol. The van der Waals surface area contributed by atoms with Gasteiger partial charge >= 0.3 is 0 Å². The molecule has 2 rings (SSSR count). The Labute approximate surface area is 130 Å². The van der Waals surface area contributed by atoms with Crippen LogP contribution in [0.1, 0.15) is 57.2 Å². The number of rotatable bonds is 5. The average molecular weight is 288 g/mol. The maximum absolute atomic E-state index is 3.50. The highest BCUT2D eigenvalue weighted by Gasteiger charge is 2.24. The van der Waals surface area contributed by atoms with Crippen molar-refractivity contribution in [2.75, 3.05) is 26.7 Å². The SMILES string of the molecule is CNC(CN1CCC(C)C(C)C1)c1ccc(C(C)C)cc1. The van der Waals surface area contributed by atoms with Crippen LogP contribution >= 0.6 is 0 Å². The number of hydrogen-bond donors (Lipinski definition) is 1. The van der Waals surface area contributed by atoms with Gasteiger partial charge in [0.2, 0.25) is 0 Å². The minimum Gasteiger partial charge on any atom is -0.312 e. The Kier molecular flexibility index (Phi) is 5.83. The van der Waals surface area contributed by atoms with E-state index in [1.165, 1.54) is 30.6 Å². The van der Waals surface area contributed by atoms with E-state index >= 15 is 0 Å². The largest absolute Gasteiger partial charge is 0.312 e. The van der Waals surface area contributed by atoms with E-state index in [4.69, 9.17) is 0 Å². The third-order valence-corrected chi connectivity index (χ3v) is 5.21. The number of benzene rings is 1. The standard InChI is InChI=1S/C19H32N2/c1-14(2)17-6-8-18(9-7-17)19(20-5)13-21-11-10-15(3)16(4)12-21/h6-9,14-16,19-20H,10-13H2,1-5H3. The third-order valence-electron chi connectivity index (χ3n) is 5.21. The molecular weight excluding hydrogens is 256 g/mol. The van der Waals surface area contributed by atoms with Crippen molar-refractivity contribution in [3.05, 3.63) is 35.4 Å². The van der Waals surface area contributed by atoms with Gasteiger partial charge in [0.15, 0.2) is 0 Å². The molecule has 1 fully saturated rings. The number of nitrogens with zero attached hydrogens (tertiary/aromatic N) is 1. The molecule has 1 heterocycles. The van der Waals surface area contributed by atoms with Crippen molar-refractivity contribution < 1.29 is 0 Å². The van der Waals surface area contributed by atoms with Crippen molar-refractivity contribution in [3.63, 3.8) is 0 Å². The lowest BCUT2D eigenvalue weighted by molar-refractivity contribution is 0.128. The lowest BCUT2D eigenvalue weighted by atomic mass is 9.88. The molecule has 1 N–H and O–H groups in total. The van der Waals surface area contributed by atoms with Crippen LogP contribution in [0, 0.1) is 11.8 Å². The summed E-state index contributed by atoms with van der Waals surface area (Å²) in [5.41, 5.74) is 2.84. The fourth-order valence-corrected chi connectivity index (χ4v) is 3.25. The highest BCUT2D eigenvalue weighted by Crippen LogP contribution is 2.25. The summed E-state index contributed by atoms with van der Waals surface area (Å²) < 4.78 is 0. The van der Waals surface area contributed by atoms with E-state index in [0.717, 1.165) is 18.4 Å². The molecule has 1 aromatic carbocycles. The lowest BCUT2D eigenvalue weighted by Gasteiger charge is -2.37. The van der Waals surface area contributed by atoms with Crippen LogP contribution in [0.25, 0.3) is 0 Å². The molecule has 1 aliphatic heterocycles. The van der Waals surface area contributed by atoms with Crippen LogP contribution in [0.4, 0.5) is 0 Å². The van der Waals surface area contributed by atoms with Crippen molar-refractivity contribution in [1.82, 2.24) is 10.2 Å². The van der Waals surface area contributed by atoms with Gasteiger partial charge in [-0.1, -0.05) is 52.0 Å². The molecule has 0 aliphatic carbocycles. The molecule has 2 nitrogen and oxygen atoms in total. The van der Waals surface area contributed by atoms with Gasteiger partial charge in [0.25, 0.3) is 0 Å². The zero-order valence-corrected chi connectivity index (χ0v) is 14.4. The summed E-state index contributed by atoms with van der Waals surface area (Å²) in [6.45, 7) is 12.9. The number of likely N-dealkylation sites (tertiary alicyclic amines) is 1. The van der Waals surface area contributed by atoms with Crippen molar-refractivity contribution >= 4 is 0 Å². The third kappa shape index (κ3) is 4.31. The van der Waals surface area contributed by atoms with Gasteiger partial charge in [0.05, 0.1) is 0 Å². The van der Waals surface area contributed by atoms with Gasteiger partial charge in [0, 0.05) is 19.1 Å². The van der Waals surface area contributed by atoms with Gasteiger partial charge in [-0.3, -0.25) is 0 Å². The summed E-state index contributed by atoms with van der Waals surface area (Å²) in [7, 11) is 2.08. The van der Waals surface area contributed by atoms with E-state index in [1.807, 2.05) is 0 Å². The smallest absolute Gasteiger partial charge is 0.0446 e. The maximum atomic E-state index is 3.50. The first-order valence-corrected chi connectivity index (χ1v) is 8.50. The van der Waals surface area contributed by atoms with Gasteiger partial charge in [-0.25, -0.2) is 0 Å². The molecule has 0 aromatic heterocycles. The Hall–Kier alpha value is -0.860. The second-order valence-electron chi connectivity index (χ2n) is 7.17. The molecule has 118 valence electrons. The van der Waals surface area contributed by atoms with E-state index in [2.05, 4.69) is 69.2 Å². The quantitative estimate of drug-likeness (QED) is 0.879. The molecule has 1 saturated heterocycles. The summed E-state index contributed by atoms with van der Waals surface area (Å²) in [4.78, 5) is 2.63. The van der Waals surface area contributed by atoms with Crippen LogP contribution in [-0.2, 0) is 0 Å². The Bertz CT molecular complexity index is 424. The Morgan fingerprint density at radius 3 is 2.24 bits per heavy atom. The monoisotopic (exact) mass is 288 g/mol. The normalized spacial score (nSPS) is 25.2. The molecular formula is C19H32N2. The highest BCUT2D eigenvalue weighted by atomic mass is 15.2. The fourth-order valence-electron chi connectivity index (χ4n) is 3.25. The molecule has 0 amide bonds. The summed E-state index contributed by atoms with van der Waals surface area (Å²) in [6.07, 6.45) is 1.34. The van der Waals surface area contributed by atoms with E-state index in [0.29, 0.717) is 12.0 Å². The van der Waals surface area contributed by atoms with E-state index in [9.17, 15) is 0 Å². The summed E-state index contributed by atoms with van der Waals surface area (Å²) >= 11 is 0. The van der Waals surface area contributed by atoms with Crippen molar-refractivity contribution in [2.45, 2.75) is 46.1 Å². The number of piperidine rings is 1. The Morgan fingerprint density at radius 2 is 1.71 bits per heavy atom. The summed E-state index contributed by atoms with van der Waals surface area (Å²) in [5.74, 6) is 2.30. The maximum Gasteiger partial charge on any atom is 0.0446 e. The molecule has 0 saturated carbocycles. The molecule has 3 unspecified atom stereocenters. The molecule has 21 heavy (non-hydrogen) atoms. The van der Waals surface area contributed by atoms with Crippen LogP contribution in [0.5, 0.6) is 0 Å². The second kappa shape index (κ2) is 7.42. The molecule has 1 aliphatic rings. The molecule has 3 atom stereocenters. The highest BCUT2D eigenvalue weighted by molar-refractivity contribution is 5.27. The minimum atomic E-state index is 0.437. The molecule has 2 heteroatoms.